The van der Waals surface area contributed by atoms with Gasteiger partial charge in [-0.05, 0) is 18.2 Å². The van der Waals surface area contributed by atoms with E-state index >= 15 is 0 Å². The van der Waals surface area contributed by atoms with Crippen LogP contribution >= 0.6 is 23.2 Å². The summed E-state index contributed by atoms with van der Waals surface area (Å²) in [5.74, 6) is 0.0872. The number of nitriles is 1. The molecule has 0 aliphatic rings. The molecule has 0 atom stereocenters. The Morgan fingerprint density at radius 3 is 2.69 bits per heavy atom. The van der Waals surface area contributed by atoms with E-state index in [1.54, 1.807) is 18.3 Å². The highest BCUT2D eigenvalue weighted by molar-refractivity contribution is 6.36. The van der Waals surface area contributed by atoms with Gasteiger partial charge in [-0.1, -0.05) is 23.2 Å². The highest BCUT2D eigenvalue weighted by Gasteiger charge is 2.04. The summed E-state index contributed by atoms with van der Waals surface area (Å²) in [5, 5.41) is 9.15. The van der Waals surface area contributed by atoms with Crippen LogP contribution in [0.3, 0.4) is 0 Å². The maximum absolute atomic E-state index is 8.26. The van der Waals surface area contributed by atoms with Crippen molar-refractivity contribution >= 4 is 29.0 Å². The van der Waals surface area contributed by atoms with Crippen LogP contribution in [0.4, 0.5) is 0 Å². The van der Waals surface area contributed by atoms with Gasteiger partial charge in [0, 0.05) is 10.6 Å². The van der Waals surface area contributed by atoms with Gasteiger partial charge in [-0.3, -0.25) is 0 Å². The Bertz CT molecular complexity index is 393. The van der Waals surface area contributed by atoms with E-state index in [1.165, 1.54) is 6.07 Å². The van der Waals surface area contributed by atoms with Crippen molar-refractivity contribution in [2.24, 2.45) is 10.7 Å². The van der Waals surface area contributed by atoms with Gasteiger partial charge in [-0.25, -0.2) is 0 Å². The fourth-order valence-corrected chi connectivity index (χ4v) is 1.32. The van der Waals surface area contributed by atoms with E-state index in [0.717, 1.165) is 0 Å². The van der Waals surface area contributed by atoms with Crippen LogP contribution in [0, 0.1) is 11.5 Å². The minimum absolute atomic E-state index is 0.0872. The smallest absolute Gasteiger partial charge is 0.207 e. The first kappa shape index (κ1) is 9.85. The summed E-state index contributed by atoms with van der Waals surface area (Å²) in [6, 6.07) is 4.78. The second-order valence-corrected chi connectivity index (χ2v) is 3.06. The molecule has 13 heavy (non-hydrogen) atoms. The van der Waals surface area contributed by atoms with Gasteiger partial charge < -0.3 is 5.73 Å². The van der Waals surface area contributed by atoms with Gasteiger partial charge in [0.2, 0.25) is 6.19 Å². The molecule has 0 bridgehead atoms. The third kappa shape index (κ3) is 2.35. The molecule has 2 N–H and O–H groups in total. The lowest BCUT2D eigenvalue weighted by molar-refractivity contribution is 1.41. The van der Waals surface area contributed by atoms with Crippen molar-refractivity contribution in [2.75, 3.05) is 0 Å². The minimum Gasteiger partial charge on any atom is -0.382 e. The van der Waals surface area contributed by atoms with Crippen LogP contribution in [0.15, 0.2) is 23.2 Å². The second kappa shape index (κ2) is 4.13. The van der Waals surface area contributed by atoms with Crippen molar-refractivity contribution < 1.29 is 0 Å². The van der Waals surface area contributed by atoms with Crippen molar-refractivity contribution in [1.82, 2.24) is 0 Å². The summed E-state index contributed by atoms with van der Waals surface area (Å²) < 4.78 is 0. The molecule has 3 nitrogen and oxygen atoms in total. The van der Waals surface area contributed by atoms with Gasteiger partial charge in [0.15, 0.2) is 0 Å². The lowest BCUT2D eigenvalue weighted by atomic mass is 10.2. The predicted octanol–water partition coefficient (Wildman–Crippen LogP) is 2.18. The highest BCUT2D eigenvalue weighted by Crippen LogP contribution is 2.20. The van der Waals surface area contributed by atoms with Crippen LogP contribution in [-0.4, -0.2) is 5.84 Å². The molecule has 0 fully saturated rings. The fraction of sp³-hybridized carbons (Fsp3) is 0. The summed E-state index contributed by atoms with van der Waals surface area (Å²) in [6.07, 6.45) is 1.58. The number of nitrogens with zero attached hydrogens (tertiary/aromatic N) is 2. The Hall–Kier alpha value is -1.24. The number of hydrogen-bond acceptors (Lipinski definition) is 2. The lowest BCUT2D eigenvalue weighted by Gasteiger charge is -2.01. The van der Waals surface area contributed by atoms with E-state index in [4.69, 9.17) is 34.2 Å². The zero-order valence-corrected chi connectivity index (χ0v) is 7.97. The molecule has 0 heterocycles. The topological polar surface area (TPSA) is 62.2 Å². The molecule has 5 heteroatoms. The first-order valence-corrected chi connectivity index (χ1v) is 4.08. The van der Waals surface area contributed by atoms with Crippen LogP contribution < -0.4 is 5.73 Å². The van der Waals surface area contributed by atoms with Gasteiger partial charge in [-0.15, -0.1) is 0 Å². The average molecular weight is 214 g/mol. The summed E-state index contributed by atoms with van der Waals surface area (Å²) >= 11 is 11.5. The standard InChI is InChI=1S/C8H5Cl2N3/c9-5-1-2-6(7(10)3-5)8(12)13-4-11/h1-3H,(H2,12,13). The SMILES string of the molecule is N#CN=C(N)c1ccc(Cl)cc1Cl. The van der Waals surface area contributed by atoms with E-state index in [9.17, 15) is 0 Å². The lowest BCUT2D eigenvalue weighted by Crippen LogP contribution is -2.13. The molecule has 0 unspecified atom stereocenters. The summed E-state index contributed by atoms with van der Waals surface area (Å²) in [4.78, 5) is 3.36. The monoisotopic (exact) mass is 213 g/mol. The van der Waals surface area contributed by atoms with Crippen molar-refractivity contribution in [3.05, 3.63) is 33.8 Å². The van der Waals surface area contributed by atoms with Gasteiger partial charge >= 0.3 is 0 Å². The van der Waals surface area contributed by atoms with Crippen LogP contribution in [0.5, 0.6) is 0 Å². The molecule has 0 saturated carbocycles. The van der Waals surface area contributed by atoms with E-state index in [2.05, 4.69) is 4.99 Å². The van der Waals surface area contributed by atoms with Crippen molar-refractivity contribution in [3.8, 4) is 6.19 Å². The maximum atomic E-state index is 8.26. The molecule has 66 valence electrons. The third-order valence-corrected chi connectivity index (χ3v) is 1.93. The van der Waals surface area contributed by atoms with Gasteiger partial charge in [0.25, 0.3) is 0 Å². The predicted molar refractivity (Wildman–Crippen MR) is 52.8 cm³/mol. The first-order valence-electron chi connectivity index (χ1n) is 3.33. The molecule has 0 amide bonds. The molecule has 0 radical (unpaired) electrons. The zero-order chi connectivity index (χ0) is 9.84. The molecule has 1 aromatic rings. The molecule has 0 spiro atoms. The largest absolute Gasteiger partial charge is 0.382 e. The minimum atomic E-state index is 0.0872. The Balaban J connectivity index is 3.18. The van der Waals surface area contributed by atoms with Crippen LogP contribution in [0.2, 0.25) is 10.0 Å². The van der Waals surface area contributed by atoms with Crippen molar-refractivity contribution in [3.63, 3.8) is 0 Å². The number of rotatable bonds is 1. The maximum Gasteiger partial charge on any atom is 0.207 e. The van der Waals surface area contributed by atoms with Crippen LogP contribution in [0.25, 0.3) is 0 Å². The Kier molecular flexibility index (Phi) is 3.13. The summed E-state index contributed by atoms with van der Waals surface area (Å²) in [5.41, 5.74) is 5.96. The first-order chi connectivity index (χ1) is 6.15. The Morgan fingerprint density at radius 1 is 1.46 bits per heavy atom. The highest BCUT2D eigenvalue weighted by atomic mass is 35.5. The summed E-state index contributed by atoms with van der Waals surface area (Å²) in [6.45, 7) is 0. The van der Waals surface area contributed by atoms with Crippen molar-refractivity contribution in [1.29, 1.82) is 5.26 Å². The number of halogens is 2. The quantitative estimate of drug-likeness (QED) is 0.442. The fourth-order valence-electron chi connectivity index (χ4n) is 0.811. The second-order valence-electron chi connectivity index (χ2n) is 2.22. The average Bonchev–Trinajstić information content (AvgIpc) is 2.04. The van der Waals surface area contributed by atoms with E-state index in [-0.39, 0.29) is 5.84 Å². The van der Waals surface area contributed by atoms with Gasteiger partial charge in [-0.2, -0.15) is 10.3 Å². The van der Waals surface area contributed by atoms with Crippen LogP contribution in [0.1, 0.15) is 5.56 Å². The van der Waals surface area contributed by atoms with Gasteiger partial charge in [0.05, 0.1) is 5.02 Å². The number of benzene rings is 1. The molecule has 0 aromatic heterocycles. The molecule has 0 saturated heterocycles. The molecule has 0 aliphatic carbocycles. The molecule has 0 aliphatic heterocycles. The van der Waals surface area contributed by atoms with Crippen LogP contribution in [-0.2, 0) is 0 Å². The number of amidine groups is 1. The molecular weight excluding hydrogens is 209 g/mol. The van der Waals surface area contributed by atoms with Crippen molar-refractivity contribution in [2.45, 2.75) is 0 Å². The molecule has 1 aromatic carbocycles. The van der Waals surface area contributed by atoms with E-state index in [1.807, 2.05) is 0 Å². The van der Waals surface area contributed by atoms with E-state index in [0.29, 0.717) is 15.6 Å². The normalized spacial score (nSPS) is 11.0. The zero-order valence-electron chi connectivity index (χ0n) is 6.46. The Labute approximate surface area is 85.4 Å². The van der Waals surface area contributed by atoms with Gasteiger partial charge in [0.1, 0.15) is 5.84 Å². The number of hydrogen-bond donors (Lipinski definition) is 1. The number of aliphatic imine (C=N–C) groups is 1. The van der Waals surface area contributed by atoms with E-state index < -0.39 is 0 Å². The molecular formula is C8H5Cl2N3. The number of nitrogens with two attached hydrogens (primary N) is 1. The summed E-state index contributed by atoms with van der Waals surface area (Å²) in [7, 11) is 0. The Morgan fingerprint density at radius 2 is 2.15 bits per heavy atom. The molecule has 1 rings (SSSR count). The third-order valence-electron chi connectivity index (χ3n) is 1.38.